The zero-order chi connectivity index (χ0) is 13.1. The fourth-order valence-electron chi connectivity index (χ4n) is 1.86. The number of carbonyl (C=O) groups is 3. The summed E-state index contributed by atoms with van der Waals surface area (Å²) in [6.45, 7) is 0. The Hall–Kier alpha value is -2.24. The van der Waals surface area contributed by atoms with E-state index < -0.39 is 17.5 Å². The van der Waals surface area contributed by atoms with Gasteiger partial charge in [-0.15, -0.1) is 0 Å². The second kappa shape index (κ2) is 4.95. The first-order chi connectivity index (χ1) is 8.58. The molecule has 1 saturated carbocycles. The number of rotatable bonds is 2. The van der Waals surface area contributed by atoms with Crippen molar-refractivity contribution < 1.29 is 14.4 Å². The Morgan fingerprint density at radius 1 is 1.33 bits per heavy atom. The lowest BCUT2D eigenvalue weighted by molar-refractivity contribution is -0.131. The molecule has 1 aromatic heterocycles. The van der Waals surface area contributed by atoms with Gasteiger partial charge in [-0.05, 0) is 18.6 Å². The summed E-state index contributed by atoms with van der Waals surface area (Å²) in [6.07, 6.45) is 1.86. The molecule has 2 rings (SSSR count). The van der Waals surface area contributed by atoms with Crippen molar-refractivity contribution in [3.8, 4) is 0 Å². The smallest absolute Gasteiger partial charge is 0.260 e. The summed E-state index contributed by atoms with van der Waals surface area (Å²) in [5, 5.41) is 2.49. The van der Waals surface area contributed by atoms with E-state index in [1.54, 1.807) is 0 Å². The Kier molecular flexibility index (Phi) is 3.36. The van der Waals surface area contributed by atoms with Crippen molar-refractivity contribution in [2.45, 2.75) is 25.3 Å². The van der Waals surface area contributed by atoms with Crippen LogP contribution in [0.4, 0.5) is 0 Å². The van der Waals surface area contributed by atoms with Gasteiger partial charge in [-0.25, -0.2) is 0 Å². The maximum Gasteiger partial charge on any atom is 0.260 e. The van der Waals surface area contributed by atoms with Gasteiger partial charge in [0.25, 0.3) is 11.5 Å². The molecule has 0 bridgehead atoms. The van der Waals surface area contributed by atoms with Crippen LogP contribution in [-0.4, -0.2) is 28.5 Å². The molecule has 18 heavy (non-hydrogen) atoms. The molecule has 0 radical (unpaired) electrons. The van der Waals surface area contributed by atoms with Crippen LogP contribution >= 0.6 is 0 Å². The summed E-state index contributed by atoms with van der Waals surface area (Å²) in [5.74, 6) is -1.00. The Morgan fingerprint density at radius 3 is 2.78 bits per heavy atom. The minimum atomic E-state index is -0.671. The third-order valence-electron chi connectivity index (χ3n) is 2.84. The maximum atomic E-state index is 11.8. The van der Waals surface area contributed by atoms with Gasteiger partial charge in [0.1, 0.15) is 11.3 Å². The normalized spacial score (nSPS) is 19.7. The predicted molar refractivity (Wildman–Crippen MR) is 62.2 cm³/mol. The summed E-state index contributed by atoms with van der Waals surface area (Å²) in [7, 11) is 0. The number of Topliss-reactive ketones (excluding diaryl/α,β-unsaturated/α-hetero) is 2. The van der Waals surface area contributed by atoms with Gasteiger partial charge in [-0.2, -0.15) is 0 Å². The number of hydrogen-bond acceptors (Lipinski definition) is 4. The van der Waals surface area contributed by atoms with Gasteiger partial charge in [0.05, 0.1) is 12.5 Å². The predicted octanol–water partition coefficient (Wildman–Crippen LogP) is -0.205. The first kappa shape index (κ1) is 12.2. The fraction of sp³-hybridized carbons (Fsp3) is 0.333. The van der Waals surface area contributed by atoms with Crippen LogP contribution in [0.15, 0.2) is 23.1 Å². The minimum absolute atomic E-state index is 0.0396. The number of hydrogen-bond donors (Lipinski definition) is 2. The van der Waals surface area contributed by atoms with Crippen molar-refractivity contribution in [1.29, 1.82) is 0 Å². The van der Waals surface area contributed by atoms with Crippen LogP contribution in [0.1, 0.15) is 29.6 Å². The van der Waals surface area contributed by atoms with E-state index in [4.69, 9.17) is 0 Å². The summed E-state index contributed by atoms with van der Waals surface area (Å²) < 4.78 is 0. The van der Waals surface area contributed by atoms with Gasteiger partial charge in [0.15, 0.2) is 5.78 Å². The maximum absolute atomic E-state index is 11.8. The highest BCUT2D eigenvalue weighted by molar-refractivity contribution is 6.06. The molecular weight excluding hydrogens is 236 g/mol. The Morgan fingerprint density at radius 2 is 2.11 bits per heavy atom. The standard InChI is InChI=1S/C12H12N2O4/c15-7-3-4-9(10(16)6-7)14-12(18)8-2-1-5-13-11(8)17/h1-2,5,9H,3-4,6H2,(H,13,17)(H,14,18). The highest BCUT2D eigenvalue weighted by atomic mass is 16.2. The molecule has 0 saturated heterocycles. The first-order valence-corrected chi connectivity index (χ1v) is 5.61. The Bertz CT molecular complexity index is 561. The summed E-state index contributed by atoms with van der Waals surface area (Å²) in [4.78, 5) is 48.1. The quantitative estimate of drug-likeness (QED) is 0.708. The van der Waals surface area contributed by atoms with Crippen molar-refractivity contribution in [1.82, 2.24) is 10.3 Å². The molecule has 0 spiro atoms. The molecular formula is C12H12N2O4. The third-order valence-corrected chi connectivity index (χ3v) is 2.84. The molecule has 0 aliphatic heterocycles. The third kappa shape index (κ3) is 2.53. The van der Waals surface area contributed by atoms with E-state index in [2.05, 4.69) is 10.3 Å². The highest BCUT2D eigenvalue weighted by Gasteiger charge is 2.28. The largest absolute Gasteiger partial charge is 0.342 e. The van der Waals surface area contributed by atoms with Gasteiger partial charge in [-0.1, -0.05) is 0 Å². The van der Waals surface area contributed by atoms with Crippen molar-refractivity contribution in [2.75, 3.05) is 0 Å². The van der Waals surface area contributed by atoms with E-state index in [-0.39, 0.29) is 30.0 Å². The monoisotopic (exact) mass is 248 g/mol. The molecule has 2 N–H and O–H groups in total. The number of aromatic nitrogens is 1. The first-order valence-electron chi connectivity index (χ1n) is 5.61. The Balaban J connectivity index is 2.09. The summed E-state index contributed by atoms with van der Waals surface area (Å²) >= 11 is 0. The van der Waals surface area contributed by atoms with Gasteiger partial charge >= 0.3 is 0 Å². The number of amides is 1. The molecule has 1 aromatic rings. The Labute approximate surface area is 102 Å². The zero-order valence-electron chi connectivity index (χ0n) is 9.56. The van der Waals surface area contributed by atoms with Crippen molar-refractivity contribution in [3.63, 3.8) is 0 Å². The average molecular weight is 248 g/mol. The van der Waals surface area contributed by atoms with Crippen LogP contribution in [0.5, 0.6) is 0 Å². The van der Waals surface area contributed by atoms with E-state index in [0.29, 0.717) is 6.42 Å². The lowest BCUT2D eigenvalue weighted by Gasteiger charge is -2.20. The van der Waals surface area contributed by atoms with E-state index >= 15 is 0 Å². The van der Waals surface area contributed by atoms with E-state index in [0.717, 1.165) is 0 Å². The van der Waals surface area contributed by atoms with Gasteiger partial charge in [0, 0.05) is 12.6 Å². The second-order valence-corrected chi connectivity index (χ2v) is 4.16. The molecule has 6 nitrogen and oxygen atoms in total. The van der Waals surface area contributed by atoms with Crippen LogP contribution in [0, 0.1) is 0 Å². The van der Waals surface area contributed by atoms with E-state index in [1.807, 2.05) is 0 Å². The number of carbonyl (C=O) groups excluding carboxylic acids is 3. The lowest BCUT2D eigenvalue weighted by Crippen LogP contribution is -2.45. The minimum Gasteiger partial charge on any atom is -0.342 e. The van der Waals surface area contributed by atoms with Crippen molar-refractivity contribution in [2.24, 2.45) is 0 Å². The van der Waals surface area contributed by atoms with Gasteiger partial charge < -0.3 is 10.3 Å². The topological polar surface area (TPSA) is 96.1 Å². The van der Waals surface area contributed by atoms with Gasteiger partial charge in [0.2, 0.25) is 0 Å². The van der Waals surface area contributed by atoms with Crippen molar-refractivity contribution >= 4 is 17.5 Å². The van der Waals surface area contributed by atoms with Gasteiger partial charge in [-0.3, -0.25) is 19.2 Å². The molecule has 0 aromatic carbocycles. The molecule has 1 unspecified atom stereocenters. The number of nitrogens with one attached hydrogen (secondary N) is 2. The SMILES string of the molecule is O=C1CCC(NC(=O)c2ccc[nH]c2=O)C(=O)C1. The second-order valence-electron chi connectivity index (χ2n) is 4.16. The molecule has 6 heteroatoms. The molecule has 1 atom stereocenters. The number of ketones is 2. The molecule has 1 aliphatic rings. The van der Waals surface area contributed by atoms with Crippen LogP contribution in [0.2, 0.25) is 0 Å². The van der Waals surface area contributed by atoms with Crippen LogP contribution < -0.4 is 10.9 Å². The van der Waals surface area contributed by atoms with Crippen LogP contribution in [0.25, 0.3) is 0 Å². The number of pyridine rings is 1. The summed E-state index contributed by atoms with van der Waals surface area (Å²) in [5.41, 5.74) is -0.545. The van der Waals surface area contributed by atoms with Crippen LogP contribution in [-0.2, 0) is 9.59 Å². The average Bonchev–Trinajstić information content (AvgIpc) is 2.33. The van der Waals surface area contributed by atoms with Crippen LogP contribution in [0.3, 0.4) is 0 Å². The molecule has 1 fully saturated rings. The van der Waals surface area contributed by atoms with E-state index in [1.165, 1.54) is 18.3 Å². The fourth-order valence-corrected chi connectivity index (χ4v) is 1.86. The highest BCUT2D eigenvalue weighted by Crippen LogP contribution is 2.12. The molecule has 1 heterocycles. The lowest BCUT2D eigenvalue weighted by atomic mass is 9.93. The van der Waals surface area contributed by atoms with E-state index in [9.17, 15) is 19.2 Å². The molecule has 1 aliphatic carbocycles. The zero-order valence-corrected chi connectivity index (χ0v) is 9.56. The number of aromatic amines is 1. The summed E-state index contributed by atoms with van der Waals surface area (Å²) in [6, 6.07) is 2.24. The molecule has 94 valence electrons. The van der Waals surface area contributed by atoms with Crippen molar-refractivity contribution in [3.05, 3.63) is 34.2 Å². The number of H-pyrrole nitrogens is 1. The molecule has 1 amide bonds.